The Morgan fingerprint density at radius 2 is 1.77 bits per heavy atom. The van der Waals surface area contributed by atoms with Gasteiger partial charge in [-0.25, -0.2) is 8.42 Å². The van der Waals surface area contributed by atoms with Crippen LogP contribution in [0.15, 0.2) is 71.6 Å². The number of amides is 1. The molecule has 4 rings (SSSR count). The Morgan fingerprint density at radius 3 is 2.55 bits per heavy atom. The van der Waals surface area contributed by atoms with E-state index in [2.05, 4.69) is 16.1 Å². The summed E-state index contributed by atoms with van der Waals surface area (Å²) >= 11 is 6.28. The Hall–Kier alpha value is -2.83. The van der Waals surface area contributed by atoms with Gasteiger partial charge in [0.1, 0.15) is 0 Å². The standard InChI is InChI=1S/C24H23ClN2O3S/c1-16-9-12-19(13-10-16)31(29,30)27-18-11-14-22(25)21(15-18)24(28)26-23-8-4-6-17-5-2-3-7-20(17)23/h2-3,5,7,9-15,23,27H,4,6,8H2,1H3,(H,26,28)/t23-/m1/s1. The maximum atomic E-state index is 13.0. The zero-order valence-electron chi connectivity index (χ0n) is 17.1. The molecule has 160 valence electrons. The van der Waals surface area contributed by atoms with Crippen molar-refractivity contribution in [1.29, 1.82) is 0 Å². The summed E-state index contributed by atoms with van der Waals surface area (Å²) in [4.78, 5) is 13.1. The van der Waals surface area contributed by atoms with Crippen molar-refractivity contribution in [3.05, 3.63) is 94.0 Å². The van der Waals surface area contributed by atoms with Crippen LogP contribution in [0.2, 0.25) is 5.02 Å². The number of anilines is 1. The Balaban J connectivity index is 1.55. The molecule has 0 fully saturated rings. The predicted molar refractivity (Wildman–Crippen MR) is 123 cm³/mol. The van der Waals surface area contributed by atoms with Crippen molar-refractivity contribution in [3.8, 4) is 0 Å². The highest BCUT2D eigenvalue weighted by Gasteiger charge is 2.23. The third-order valence-electron chi connectivity index (χ3n) is 5.47. The first-order valence-electron chi connectivity index (χ1n) is 10.1. The monoisotopic (exact) mass is 454 g/mol. The van der Waals surface area contributed by atoms with Crippen molar-refractivity contribution in [1.82, 2.24) is 5.32 Å². The summed E-state index contributed by atoms with van der Waals surface area (Å²) in [6.07, 6.45) is 2.84. The van der Waals surface area contributed by atoms with Gasteiger partial charge in [0, 0.05) is 5.69 Å². The van der Waals surface area contributed by atoms with Crippen molar-refractivity contribution >= 4 is 33.2 Å². The van der Waals surface area contributed by atoms with E-state index in [1.165, 1.54) is 17.7 Å². The second kappa shape index (κ2) is 8.73. The molecule has 0 aliphatic heterocycles. The summed E-state index contributed by atoms with van der Waals surface area (Å²) < 4.78 is 27.9. The van der Waals surface area contributed by atoms with Crippen LogP contribution in [0.4, 0.5) is 5.69 Å². The van der Waals surface area contributed by atoms with Gasteiger partial charge in [-0.1, -0.05) is 53.6 Å². The lowest BCUT2D eigenvalue weighted by atomic mass is 9.87. The molecule has 7 heteroatoms. The number of hydrogen-bond donors (Lipinski definition) is 2. The maximum absolute atomic E-state index is 13.0. The third-order valence-corrected chi connectivity index (χ3v) is 7.20. The first kappa shape index (κ1) is 21.4. The van der Waals surface area contributed by atoms with E-state index >= 15 is 0 Å². The zero-order valence-corrected chi connectivity index (χ0v) is 18.6. The fourth-order valence-electron chi connectivity index (χ4n) is 3.83. The highest BCUT2D eigenvalue weighted by molar-refractivity contribution is 7.92. The molecule has 0 spiro atoms. The molecule has 0 aromatic heterocycles. The average Bonchev–Trinajstić information content (AvgIpc) is 2.75. The van der Waals surface area contributed by atoms with Crippen LogP contribution in [-0.2, 0) is 16.4 Å². The molecule has 5 nitrogen and oxygen atoms in total. The zero-order chi connectivity index (χ0) is 22.0. The van der Waals surface area contributed by atoms with Crippen LogP contribution >= 0.6 is 11.6 Å². The lowest BCUT2D eigenvalue weighted by Crippen LogP contribution is -2.31. The van der Waals surface area contributed by atoms with E-state index in [0.717, 1.165) is 30.4 Å². The number of halogens is 1. The molecule has 0 heterocycles. The van der Waals surface area contributed by atoms with E-state index < -0.39 is 10.0 Å². The Kier molecular flexibility index (Phi) is 6.03. The first-order chi connectivity index (χ1) is 14.8. The molecule has 3 aromatic rings. The van der Waals surface area contributed by atoms with Gasteiger partial charge in [-0.3, -0.25) is 9.52 Å². The molecular formula is C24H23ClN2O3S. The summed E-state index contributed by atoms with van der Waals surface area (Å²) in [5.41, 5.74) is 3.83. The molecule has 1 atom stereocenters. The Morgan fingerprint density at radius 1 is 1.03 bits per heavy atom. The van der Waals surface area contributed by atoms with Gasteiger partial charge in [-0.05, 0) is 67.6 Å². The van der Waals surface area contributed by atoms with Crippen molar-refractivity contribution in [2.45, 2.75) is 37.1 Å². The smallest absolute Gasteiger partial charge is 0.261 e. The van der Waals surface area contributed by atoms with Gasteiger partial charge in [-0.2, -0.15) is 0 Å². The predicted octanol–water partition coefficient (Wildman–Crippen LogP) is 5.26. The number of aryl methyl sites for hydroxylation is 2. The highest BCUT2D eigenvalue weighted by atomic mass is 35.5. The van der Waals surface area contributed by atoms with Gasteiger partial charge in [0.2, 0.25) is 0 Å². The number of nitrogens with one attached hydrogen (secondary N) is 2. The van der Waals surface area contributed by atoms with E-state index in [-0.39, 0.29) is 33.1 Å². The third kappa shape index (κ3) is 4.75. The number of fused-ring (bicyclic) bond motifs is 1. The molecule has 0 radical (unpaired) electrons. The number of benzene rings is 3. The summed E-state index contributed by atoms with van der Waals surface area (Å²) in [5, 5.41) is 3.32. The van der Waals surface area contributed by atoms with Crippen molar-refractivity contribution < 1.29 is 13.2 Å². The summed E-state index contributed by atoms with van der Waals surface area (Å²) in [6, 6.07) is 19.1. The quantitative estimate of drug-likeness (QED) is 0.552. The Bertz CT molecular complexity index is 1220. The lowest BCUT2D eigenvalue weighted by molar-refractivity contribution is 0.0933. The number of sulfonamides is 1. The lowest BCUT2D eigenvalue weighted by Gasteiger charge is -2.26. The van der Waals surface area contributed by atoms with Gasteiger partial charge >= 0.3 is 0 Å². The minimum Gasteiger partial charge on any atom is -0.345 e. The molecule has 1 aliphatic carbocycles. The molecule has 3 aromatic carbocycles. The molecule has 0 saturated heterocycles. The minimum absolute atomic E-state index is 0.0959. The number of carbonyl (C=O) groups excluding carboxylic acids is 1. The van der Waals surface area contributed by atoms with Crippen LogP contribution in [0.5, 0.6) is 0 Å². The first-order valence-corrected chi connectivity index (χ1v) is 12.0. The fraction of sp³-hybridized carbons (Fsp3) is 0.208. The summed E-state index contributed by atoms with van der Waals surface area (Å²) in [7, 11) is -3.78. The molecule has 0 saturated carbocycles. The van der Waals surface area contributed by atoms with Crippen LogP contribution in [0.1, 0.15) is 45.9 Å². The fourth-order valence-corrected chi connectivity index (χ4v) is 5.09. The van der Waals surface area contributed by atoms with E-state index in [4.69, 9.17) is 11.6 Å². The summed E-state index contributed by atoms with van der Waals surface area (Å²) in [6.45, 7) is 1.89. The minimum atomic E-state index is -3.78. The largest absolute Gasteiger partial charge is 0.345 e. The van der Waals surface area contributed by atoms with Crippen LogP contribution in [0.25, 0.3) is 0 Å². The van der Waals surface area contributed by atoms with Gasteiger partial charge in [-0.15, -0.1) is 0 Å². The highest BCUT2D eigenvalue weighted by Crippen LogP contribution is 2.30. The molecule has 0 unspecified atom stereocenters. The van der Waals surface area contributed by atoms with Crippen LogP contribution in [0, 0.1) is 6.92 Å². The molecule has 0 bridgehead atoms. The van der Waals surface area contributed by atoms with Gasteiger partial charge in [0.15, 0.2) is 0 Å². The SMILES string of the molecule is Cc1ccc(S(=O)(=O)Nc2ccc(Cl)c(C(=O)N[C@@H]3CCCc4ccccc43)c2)cc1. The maximum Gasteiger partial charge on any atom is 0.261 e. The van der Waals surface area contributed by atoms with Gasteiger partial charge in [0.25, 0.3) is 15.9 Å². The average molecular weight is 455 g/mol. The van der Waals surface area contributed by atoms with Crippen molar-refractivity contribution in [2.24, 2.45) is 0 Å². The number of hydrogen-bond acceptors (Lipinski definition) is 3. The van der Waals surface area contributed by atoms with E-state index in [9.17, 15) is 13.2 Å². The molecule has 1 amide bonds. The normalized spacial score (nSPS) is 15.7. The topological polar surface area (TPSA) is 75.3 Å². The van der Waals surface area contributed by atoms with E-state index in [1.807, 2.05) is 25.1 Å². The van der Waals surface area contributed by atoms with Crippen molar-refractivity contribution in [2.75, 3.05) is 4.72 Å². The van der Waals surface area contributed by atoms with Crippen LogP contribution in [-0.4, -0.2) is 14.3 Å². The second-order valence-corrected chi connectivity index (χ2v) is 9.82. The second-order valence-electron chi connectivity index (χ2n) is 7.73. The molecule has 1 aliphatic rings. The molecule has 31 heavy (non-hydrogen) atoms. The molecule has 2 N–H and O–H groups in total. The Labute approximate surface area is 187 Å². The van der Waals surface area contributed by atoms with Gasteiger partial charge in [0.05, 0.1) is 21.5 Å². The van der Waals surface area contributed by atoms with Crippen molar-refractivity contribution in [3.63, 3.8) is 0 Å². The van der Waals surface area contributed by atoms with E-state index in [1.54, 1.807) is 30.3 Å². The molecular weight excluding hydrogens is 432 g/mol. The number of carbonyl (C=O) groups is 1. The van der Waals surface area contributed by atoms with Crippen LogP contribution in [0.3, 0.4) is 0 Å². The van der Waals surface area contributed by atoms with Crippen LogP contribution < -0.4 is 10.0 Å². The van der Waals surface area contributed by atoms with E-state index in [0.29, 0.717) is 0 Å². The summed E-state index contributed by atoms with van der Waals surface area (Å²) in [5.74, 6) is -0.330. The number of rotatable bonds is 5. The van der Waals surface area contributed by atoms with Gasteiger partial charge < -0.3 is 5.32 Å².